The van der Waals surface area contributed by atoms with Crippen molar-refractivity contribution in [2.24, 2.45) is 11.7 Å². The Morgan fingerprint density at radius 2 is 2.06 bits per heavy atom. The standard InChI is InChI=1S/C13H26N2S/c1-10-5-6-12(8-14)9-15(10)13-4-3-7-16-11(13)2/h10-13H,3-9,14H2,1-2H3. The molecule has 0 radical (unpaired) electrons. The summed E-state index contributed by atoms with van der Waals surface area (Å²) in [7, 11) is 0. The monoisotopic (exact) mass is 242 g/mol. The SMILES string of the molecule is CC1SCCCC1N1CC(CN)CCC1C. The van der Waals surface area contributed by atoms with Gasteiger partial charge < -0.3 is 5.73 Å². The second-order valence-electron chi connectivity index (χ2n) is 5.51. The van der Waals surface area contributed by atoms with E-state index in [1.807, 2.05) is 0 Å². The van der Waals surface area contributed by atoms with Crippen molar-refractivity contribution in [1.29, 1.82) is 0 Å². The van der Waals surface area contributed by atoms with Crippen LogP contribution in [-0.2, 0) is 0 Å². The minimum atomic E-state index is 0.746. The number of likely N-dealkylation sites (tertiary alicyclic amines) is 1. The predicted molar refractivity (Wildman–Crippen MR) is 72.9 cm³/mol. The molecule has 2 N–H and O–H groups in total. The zero-order chi connectivity index (χ0) is 11.5. The molecule has 2 nitrogen and oxygen atoms in total. The average Bonchev–Trinajstić information content (AvgIpc) is 2.31. The zero-order valence-corrected chi connectivity index (χ0v) is 11.5. The number of hydrogen-bond acceptors (Lipinski definition) is 3. The Hall–Kier alpha value is 0.270. The van der Waals surface area contributed by atoms with E-state index in [-0.39, 0.29) is 0 Å². The lowest BCUT2D eigenvalue weighted by atomic mass is 9.90. The van der Waals surface area contributed by atoms with Crippen LogP contribution in [0.3, 0.4) is 0 Å². The van der Waals surface area contributed by atoms with Crippen molar-refractivity contribution < 1.29 is 0 Å². The van der Waals surface area contributed by atoms with Gasteiger partial charge in [0.1, 0.15) is 0 Å². The number of nitrogens with two attached hydrogens (primary N) is 1. The molecular weight excluding hydrogens is 216 g/mol. The minimum absolute atomic E-state index is 0.746. The fourth-order valence-corrected chi connectivity index (χ4v) is 4.43. The number of nitrogens with zero attached hydrogens (tertiary/aromatic N) is 1. The first-order valence-electron chi connectivity index (χ1n) is 6.79. The normalized spacial score (nSPS) is 42.2. The molecule has 2 heterocycles. The first kappa shape index (κ1) is 12.7. The Balaban J connectivity index is 1.99. The number of piperidine rings is 1. The van der Waals surface area contributed by atoms with E-state index in [9.17, 15) is 0 Å². The van der Waals surface area contributed by atoms with Gasteiger partial charge in [-0.3, -0.25) is 4.90 Å². The van der Waals surface area contributed by atoms with Crippen LogP contribution in [0.2, 0.25) is 0 Å². The molecule has 4 unspecified atom stereocenters. The van der Waals surface area contributed by atoms with Crippen LogP contribution in [0.15, 0.2) is 0 Å². The van der Waals surface area contributed by atoms with Gasteiger partial charge in [-0.05, 0) is 50.8 Å². The Labute approximate surface area is 104 Å². The third-order valence-corrected chi connectivity index (χ3v) is 5.72. The second-order valence-corrected chi connectivity index (χ2v) is 7.00. The summed E-state index contributed by atoms with van der Waals surface area (Å²) in [6, 6.07) is 1.58. The van der Waals surface area contributed by atoms with Crippen LogP contribution in [0.5, 0.6) is 0 Å². The Morgan fingerprint density at radius 1 is 1.25 bits per heavy atom. The smallest absolute Gasteiger partial charge is 0.0215 e. The third-order valence-electron chi connectivity index (χ3n) is 4.35. The van der Waals surface area contributed by atoms with Crippen molar-refractivity contribution in [2.75, 3.05) is 18.8 Å². The summed E-state index contributed by atoms with van der Waals surface area (Å²) in [5.74, 6) is 2.11. The highest BCUT2D eigenvalue weighted by molar-refractivity contribution is 7.99. The van der Waals surface area contributed by atoms with Crippen LogP contribution in [-0.4, -0.2) is 41.1 Å². The van der Waals surface area contributed by atoms with Crippen molar-refractivity contribution >= 4 is 11.8 Å². The van der Waals surface area contributed by atoms with Gasteiger partial charge in [-0.15, -0.1) is 0 Å². The van der Waals surface area contributed by atoms with Gasteiger partial charge in [0.2, 0.25) is 0 Å². The van der Waals surface area contributed by atoms with Gasteiger partial charge in [-0.2, -0.15) is 11.8 Å². The Kier molecular flexibility index (Phi) is 4.57. The maximum Gasteiger partial charge on any atom is 0.0215 e. The first-order valence-corrected chi connectivity index (χ1v) is 7.84. The molecule has 2 saturated heterocycles. The summed E-state index contributed by atoms with van der Waals surface area (Å²) < 4.78 is 0. The minimum Gasteiger partial charge on any atom is -0.330 e. The fraction of sp³-hybridized carbons (Fsp3) is 1.00. The van der Waals surface area contributed by atoms with Crippen LogP contribution in [0.25, 0.3) is 0 Å². The van der Waals surface area contributed by atoms with Crippen molar-refractivity contribution in [1.82, 2.24) is 4.90 Å². The van der Waals surface area contributed by atoms with Gasteiger partial charge in [0, 0.05) is 23.9 Å². The van der Waals surface area contributed by atoms with E-state index in [0.29, 0.717) is 0 Å². The third kappa shape index (κ3) is 2.74. The Bertz CT molecular complexity index is 222. The van der Waals surface area contributed by atoms with E-state index < -0.39 is 0 Å². The topological polar surface area (TPSA) is 29.3 Å². The van der Waals surface area contributed by atoms with Gasteiger partial charge in [-0.1, -0.05) is 6.92 Å². The molecule has 94 valence electrons. The van der Waals surface area contributed by atoms with E-state index >= 15 is 0 Å². The van der Waals surface area contributed by atoms with Crippen molar-refractivity contribution in [3.05, 3.63) is 0 Å². The zero-order valence-electron chi connectivity index (χ0n) is 10.7. The molecule has 0 aromatic rings. The summed E-state index contributed by atoms with van der Waals surface area (Å²) in [5, 5.41) is 0.813. The molecule has 0 spiro atoms. The van der Waals surface area contributed by atoms with Crippen LogP contribution in [0.1, 0.15) is 39.5 Å². The first-order chi connectivity index (χ1) is 7.72. The van der Waals surface area contributed by atoms with Crippen LogP contribution < -0.4 is 5.73 Å². The summed E-state index contributed by atoms with van der Waals surface area (Å²) in [5.41, 5.74) is 5.84. The molecule has 0 aliphatic carbocycles. The largest absolute Gasteiger partial charge is 0.330 e. The molecule has 2 rings (SSSR count). The highest BCUT2D eigenvalue weighted by Gasteiger charge is 2.34. The molecule has 0 aromatic carbocycles. The molecule has 2 aliphatic rings. The highest BCUT2D eigenvalue weighted by Crippen LogP contribution is 2.33. The van der Waals surface area contributed by atoms with Crippen molar-refractivity contribution in [2.45, 2.75) is 56.9 Å². The van der Waals surface area contributed by atoms with Crippen molar-refractivity contribution in [3.63, 3.8) is 0 Å². The van der Waals surface area contributed by atoms with Gasteiger partial charge in [0.15, 0.2) is 0 Å². The lowest BCUT2D eigenvalue weighted by Gasteiger charge is -2.46. The van der Waals surface area contributed by atoms with E-state index in [0.717, 1.165) is 29.8 Å². The van der Waals surface area contributed by atoms with Crippen LogP contribution in [0.4, 0.5) is 0 Å². The maximum absolute atomic E-state index is 5.84. The second kappa shape index (κ2) is 5.74. The van der Waals surface area contributed by atoms with Crippen LogP contribution >= 0.6 is 11.8 Å². The molecule has 2 fully saturated rings. The average molecular weight is 242 g/mol. The lowest BCUT2D eigenvalue weighted by Crippen LogP contribution is -2.53. The molecule has 4 atom stereocenters. The van der Waals surface area contributed by atoms with E-state index in [2.05, 4.69) is 30.5 Å². The molecule has 3 heteroatoms. The molecule has 16 heavy (non-hydrogen) atoms. The summed E-state index contributed by atoms with van der Waals surface area (Å²) in [6.45, 7) is 6.93. The van der Waals surface area contributed by atoms with E-state index in [4.69, 9.17) is 5.73 Å². The lowest BCUT2D eigenvalue weighted by molar-refractivity contribution is 0.0682. The molecule has 0 aromatic heterocycles. The van der Waals surface area contributed by atoms with Gasteiger partial charge >= 0.3 is 0 Å². The number of thioether (sulfide) groups is 1. The summed E-state index contributed by atoms with van der Waals surface area (Å²) in [6.07, 6.45) is 5.48. The maximum atomic E-state index is 5.84. The van der Waals surface area contributed by atoms with Crippen LogP contribution in [0, 0.1) is 5.92 Å². The number of hydrogen-bond donors (Lipinski definition) is 1. The van der Waals surface area contributed by atoms with Gasteiger partial charge in [0.25, 0.3) is 0 Å². The van der Waals surface area contributed by atoms with E-state index in [1.165, 1.54) is 38.0 Å². The van der Waals surface area contributed by atoms with Gasteiger partial charge in [0.05, 0.1) is 0 Å². The molecule has 0 bridgehead atoms. The van der Waals surface area contributed by atoms with Crippen molar-refractivity contribution in [3.8, 4) is 0 Å². The Morgan fingerprint density at radius 3 is 2.75 bits per heavy atom. The highest BCUT2D eigenvalue weighted by atomic mass is 32.2. The quantitative estimate of drug-likeness (QED) is 0.806. The summed E-state index contributed by atoms with van der Waals surface area (Å²) in [4.78, 5) is 2.76. The molecule has 0 saturated carbocycles. The summed E-state index contributed by atoms with van der Waals surface area (Å²) >= 11 is 2.16. The number of rotatable bonds is 2. The fourth-order valence-electron chi connectivity index (χ4n) is 3.21. The molecule has 0 amide bonds. The van der Waals surface area contributed by atoms with Gasteiger partial charge in [-0.25, -0.2) is 0 Å². The predicted octanol–water partition coefficient (Wildman–Crippen LogP) is 2.33. The van der Waals surface area contributed by atoms with E-state index in [1.54, 1.807) is 0 Å². The molecular formula is C13H26N2S. The molecule has 2 aliphatic heterocycles.